The number of thiol groups is 1. The van der Waals surface area contributed by atoms with Crippen LogP contribution in [0.3, 0.4) is 0 Å². The second-order valence-electron chi connectivity index (χ2n) is 1.53. The molecule has 0 aromatic carbocycles. The van der Waals surface area contributed by atoms with E-state index in [0.717, 1.165) is 0 Å². The smallest absolute Gasteiger partial charge is 0.183 e. The largest absolute Gasteiger partial charge is 0.298 e. The van der Waals surface area contributed by atoms with Crippen LogP contribution in [0.15, 0.2) is 0 Å². The summed E-state index contributed by atoms with van der Waals surface area (Å²) >= 11 is 10.3. The van der Waals surface area contributed by atoms with Crippen LogP contribution in [0.4, 0.5) is 0 Å². The third kappa shape index (κ3) is 17.6. The van der Waals surface area contributed by atoms with Gasteiger partial charge in [0.25, 0.3) is 4.36 Å². The minimum absolute atomic E-state index is 0.528. The third-order valence-corrected chi connectivity index (χ3v) is 1.69. The van der Waals surface area contributed by atoms with Crippen LogP contribution in [0.5, 0.6) is 0 Å². The highest BCUT2D eigenvalue weighted by atomic mass is 79.9. The minimum Gasteiger partial charge on any atom is -0.183 e. The number of hydrogen-bond donors (Lipinski definition) is 1. The summed E-state index contributed by atoms with van der Waals surface area (Å²) in [6, 6.07) is 0. The van der Waals surface area contributed by atoms with Gasteiger partial charge in [0.2, 0.25) is 0 Å². The lowest BCUT2D eigenvalue weighted by Gasteiger charge is -1.91. The summed E-state index contributed by atoms with van der Waals surface area (Å²) in [4.78, 5) is 0. The van der Waals surface area contributed by atoms with Crippen LogP contribution in [0, 0.1) is 0 Å². The van der Waals surface area contributed by atoms with Crippen molar-refractivity contribution in [3.63, 3.8) is 0 Å². The van der Waals surface area contributed by atoms with Gasteiger partial charge in [-0.2, -0.15) is 12.6 Å². The van der Waals surface area contributed by atoms with E-state index in [1.165, 1.54) is 19.2 Å². The Morgan fingerprint density at radius 2 is 1.78 bits per heavy atom. The topological polar surface area (TPSA) is 0 Å². The van der Waals surface area contributed by atoms with Crippen molar-refractivity contribution in [1.29, 1.82) is 0 Å². The molecule has 4 heteroatoms. The van der Waals surface area contributed by atoms with E-state index in [1.54, 1.807) is 6.26 Å². The molecule has 56 valence electrons. The van der Waals surface area contributed by atoms with Crippen molar-refractivity contribution in [2.45, 2.75) is 26.1 Å². The van der Waals surface area contributed by atoms with Gasteiger partial charge in [-0.15, -0.1) is 31.5 Å². The molecule has 0 rings (SSSR count). The Hall–Kier alpha value is 1.37. The molecule has 9 heavy (non-hydrogen) atoms. The lowest BCUT2D eigenvalue weighted by molar-refractivity contribution is 0.882. The lowest BCUT2D eigenvalue weighted by Crippen LogP contribution is -1.86. The molecule has 0 aromatic heterocycles. The molecule has 0 aromatic rings. The zero-order valence-corrected chi connectivity index (χ0v) is 9.97. The summed E-state index contributed by atoms with van der Waals surface area (Å²) in [5.41, 5.74) is 0. The van der Waals surface area contributed by atoms with Crippen molar-refractivity contribution in [3.05, 3.63) is 0 Å². The molecule has 0 saturated heterocycles. The van der Waals surface area contributed by atoms with Gasteiger partial charge in [-0.3, -0.25) is 0 Å². The van der Waals surface area contributed by atoms with Gasteiger partial charge in [0.15, 0.2) is 0 Å². The van der Waals surface area contributed by atoms with Crippen LogP contribution >= 0.6 is 44.1 Å². The molecule has 0 aliphatic heterocycles. The molecule has 0 saturated carbocycles. The highest BCUT2D eigenvalue weighted by molar-refractivity contribution is 9.49. The summed E-state index contributed by atoms with van der Waals surface area (Å²) in [5, 5.41) is 0. The normalized spacial score (nSPS) is 7.67. The van der Waals surface area contributed by atoms with E-state index in [4.69, 9.17) is 0 Å². The maximum Gasteiger partial charge on any atom is 0.298 e. The zero-order valence-electron chi connectivity index (χ0n) is 5.90. The Morgan fingerprint density at radius 1 is 1.33 bits per heavy atom. The van der Waals surface area contributed by atoms with Crippen LogP contribution in [0.25, 0.3) is 0 Å². The van der Waals surface area contributed by atoms with E-state index in [9.17, 15) is 0 Å². The molecule has 0 nitrogen and oxygen atoms in total. The van der Waals surface area contributed by atoms with E-state index >= 15 is 0 Å². The Bertz CT molecular complexity index is 43.9. The quantitative estimate of drug-likeness (QED) is 0.590. The summed E-state index contributed by atoms with van der Waals surface area (Å²) in [5.74, 6) is 0. The van der Waals surface area contributed by atoms with Crippen LogP contribution < -0.4 is 0 Å². The first-order valence-electron chi connectivity index (χ1n) is 3.00. The highest BCUT2D eigenvalue weighted by Gasteiger charge is 1.99. The molecule has 0 aliphatic rings. The minimum atomic E-state index is 0.528. The monoisotopic (exact) mass is 274 g/mol. The molecule has 0 fully saturated rings. The van der Waals surface area contributed by atoms with Crippen LogP contribution in [-0.2, 0) is 0 Å². The summed E-state index contributed by atoms with van der Waals surface area (Å²) in [6.45, 7) is 2.20. The highest BCUT2D eigenvalue weighted by Crippen LogP contribution is 2.11. The van der Waals surface area contributed by atoms with Gasteiger partial charge in [0.05, 0.1) is 0 Å². The number of rotatable bonds is 3. The third-order valence-electron chi connectivity index (χ3n) is 0.776. The van der Waals surface area contributed by atoms with Crippen molar-refractivity contribution in [2.24, 2.45) is 0 Å². The van der Waals surface area contributed by atoms with E-state index in [-0.39, 0.29) is 0 Å². The molecule has 0 spiro atoms. The Balaban J connectivity index is 0. The SMILES string of the molecule is CCCCB(Br)Br.CS. The van der Waals surface area contributed by atoms with Gasteiger partial charge in [-0.1, -0.05) is 26.1 Å². The predicted molar refractivity (Wildman–Crippen MR) is 58.2 cm³/mol. The number of halogens is 2. The molecule has 0 aliphatic carbocycles. The fourth-order valence-electron chi connectivity index (χ4n) is 0.358. The maximum absolute atomic E-state index is 3.53. The average Bonchev–Trinajstić information content (AvgIpc) is 1.88. The summed E-state index contributed by atoms with van der Waals surface area (Å²) < 4.78 is 0.528. The van der Waals surface area contributed by atoms with Gasteiger partial charge < -0.3 is 0 Å². The zero-order chi connectivity index (χ0) is 7.70. The average molecular weight is 276 g/mol. The molecule has 0 unspecified atom stereocenters. The number of hydrogen-bond acceptors (Lipinski definition) is 1. The van der Waals surface area contributed by atoms with E-state index < -0.39 is 0 Å². The first-order chi connectivity index (χ1) is 4.27. The van der Waals surface area contributed by atoms with Gasteiger partial charge in [0.1, 0.15) is 0 Å². The van der Waals surface area contributed by atoms with Crippen molar-refractivity contribution in [2.75, 3.05) is 6.26 Å². The lowest BCUT2D eigenvalue weighted by atomic mass is 10.00. The fraction of sp³-hybridized carbons (Fsp3) is 1.00. The Kier molecular flexibility index (Phi) is 17.5. The van der Waals surface area contributed by atoms with Crippen molar-refractivity contribution in [1.82, 2.24) is 0 Å². The van der Waals surface area contributed by atoms with Crippen molar-refractivity contribution < 1.29 is 0 Å². The maximum atomic E-state index is 3.53. The second kappa shape index (κ2) is 12.1. The van der Waals surface area contributed by atoms with Crippen LogP contribution in [0.2, 0.25) is 6.32 Å². The Labute approximate surface area is 80.6 Å². The fourth-order valence-corrected chi connectivity index (χ4v) is 1.01. The standard InChI is InChI=1S/C4H9BBr2.CH4S/c1-2-3-4-5(6)7;1-2/h2-4H2,1H3;2H,1H3. The molecule has 0 bridgehead atoms. The van der Waals surface area contributed by atoms with E-state index in [1.807, 2.05) is 0 Å². The molecular formula is C5H13BBr2S. The molecule has 0 radical (unpaired) electrons. The summed E-state index contributed by atoms with van der Waals surface area (Å²) in [7, 11) is 0. The van der Waals surface area contributed by atoms with Crippen molar-refractivity contribution >= 4 is 48.5 Å². The van der Waals surface area contributed by atoms with Gasteiger partial charge >= 0.3 is 0 Å². The first-order valence-corrected chi connectivity index (χ1v) is 5.72. The van der Waals surface area contributed by atoms with Gasteiger partial charge in [0, 0.05) is 0 Å². The van der Waals surface area contributed by atoms with Crippen molar-refractivity contribution in [3.8, 4) is 0 Å². The van der Waals surface area contributed by atoms with Gasteiger partial charge in [-0.05, 0) is 6.26 Å². The van der Waals surface area contributed by atoms with Gasteiger partial charge in [-0.25, -0.2) is 0 Å². The Morgan fingerprint density at radius 3 is 1.89 bits per heavy atom. The van der Waals surface area contributed by atoms with E-state index in [2.05, 4.69) is 51.1 Å². The molecule has 0 amide bonds. The summed E-state index contributed by atoms with van der Waals surface area (Å²) in [6.07, 6.45) is 5.52. The van der Waals surface area contributed by atoms with E-state index in [0.29, 0.717) is 4.36 Å². The predicted octanol–water partition coefficient (Wildman–Crippen LogP) is 3.61. The number of unbranched alkanes of at least 4 members (excludes halogenated alkanes) is 1. The van der Waals surface area contributed by atoms with Crippen LogP contribution in [0.1, 0.15) is 19.8 Å². The molecule has 0 N–H and O–H groups in total. The molecule has 0 heterocycles. The molecular weight excluding hydrogens is 263 g/mol. The second-order valence-corrected chi connectivity index (χ2v) is 4.97. The van der Waals surface area contributed by atoms with Crippen LogP contribution in [-0.4, -0.2) is 10.6 Å². The first kappa shape index (κ1) is 13.0. The molecule has 0 atom stereocenters.